The van der Waals surface area contributed by atoms with Crippen LogP contribution in [0.4, 0.5) is 27.8 Å². The zero-order chi connectivity index (χ0) is 27.0. The molecule has 3 N–H and O–H groups in total. The molecule has 2 aromatic heterocycles. The van der Waals surface area contributed by atoms with Gasteiger partial charge < -0.3 is 29.4 Å². The molecule has 204 valence electrons. The minimum absolute atomic E-state index is 0.344. The third-order valence-electron chi connectivity index (χ3n) is 6.18. The van der Waals surface area contributed by atoms with E-state index in [1.165, 1.54) is 6.33 Å². The second kappa shape index (κ2) is 12.4. The highest BCUT2D eigenvalue weighted by atomic mass is 16.5. The molecule has 12 nitrogen and oxygen atoms in total. The zero-order valence-electron chi connectivity index (χ0n) is 21.9. The maximum Gasteiger partial charge on any atom is 0.324 e. The molecule has 3 heterocycles. The number of fused-ring (bicyclic) bond motifs is 1. The number of morpholine rings is 1. The summed E-state index contributed by atoms with van der Waals surface area (Å²) in [7, 11) is 1.62. The van der Waals surface area contributed by atoms with Crippen LogP contribution < -0.4 is 25.4 Å². The van der Waals surface area contributed by atoms with Crippen LogP contribution in [0.5, 0.6) is 11.5 Å². The van der Waals surface area contributed by atoms with Crippen LogP contribution in [-0.2, 0) is 4.74 Å². The van der Waals surface area contributed by atoms with Crippen LogP contribution in [-0.4, -0.2) is 72.6 Å². The van der Waals surface area contributed by atoms with Gasteiger partial charge in [0, 0.05) is 48.5 Å². The van der Waals surface area contributed by atoms with Crippen LogP contribution in [0.3, 0.4) is 0 Å². The Hall–Kier alpha value is -4.42. The minimum Gasteiger partial charge on any atom is -0.493 e. The van der Waals surface area contributed by atoms with Crippen LogP contribution in [0.25, 0.3) is 10.9 Å². The molecule has 39 heavy (non-hydrogen) atoms. The third-order valence-corrected chi connectivity index (χ3v) is 6.18. The molecule has 12 heteroatoms. The molecular weight excluding hydrogens is 502 g/mol. The van der Waals surface area contributed by atoms with E-state index in [0.717, 1.165) is 55.9 Å². The summed E-state index contributed by atoms with van der Waals surface area (Å²) in [6.07, 6.45) is 2.40. The van der Waals surface area contributed by atoms with Gasteiger partial charge in [0.15, 0.2) is 17.3 Å². The zero-order valence-corrected chi connectivity index (χ0v) is 21.9. The summed E-state index contributed by atoms with van der Waals surface area (Å²) in [5.74, 6) is 2.83. The molecule has 0 spiro atoms. The first-order chi connectivity index (χ1) is 19.1. The highest BCUT2D eigenvalue weighted by molar-refractivity contribution is 5.99. The summed E-state index contributed by atoms with van der Waals surface area (Å²) in [6, 6.07) is 12.2. The average molecular weight is 534 g/mol. The summed E-state index contributed by atoms with van der Waals surface area (Å²) in [4.78, 5) is 23.4. The molecule has 0 unspecified atom stereocenters. The topological polar surface area (TPSA) is 136 Å². The highest BCUT2D eigenvalue weighted by Crippen LogP contribution is 2.35. The Morgan fingerprint density at radius 2 is 1.82 bits per heavy atom. The number of carbonyl (C=O) groups is 1. The maximum atomic E-state index is 12.2. The van der Waals surface area contributed by atoms with Gasteiger partial charge in [-0.25, -0.2) is 14.8 Å². The van der Waals surface area contributed by atoms with Crippen molar-refractivity contribution in [2.24, 2.45) is 0 Å². The van der Waals surface area contributed by atoms with Gasteiger partial charge in [-0.05, 0) is 43.7 Å². The van der Waals surface area contributed by atoms with Gasteiger partial charge in [-0.15, -0.1) is 0 Å². The number of hydrogen-bond acceptors (Lipinski definition) is 10. The molecule has 2 amide bonds. The number of rotatable bonds is 10. The lowest BCUT2D eigenvalue weighted by molar-refractivity contribution is 0.0357. The molecule has 0 aliphatic carbocycles. The Bertz CT molecular complexity index is 1400. The number of amides is 2. The number of benzene rings is 2. The Morgan fingerprint density at radius 1 is 1.03 bits per heavy atom. The van der Waals surface area contributed by atoms with Gasteiger partial charge in [0.05, 0.1) is 32.4 Å². The predicted molar refractivity (Wildman–Crippen MR) is 147 cm³/mol. The van der Waals surface area contributed by atoms with Crippen LogP contribution in [0, 0.1) is 6.92 Å². The first-order valence-electron chi connectivity index (χ1n) is 12.7. The smallest absolute Gasteiger partial charge is 0.324 e. The lowest BCUT2D eigenvalue weighted by Gasteiger charge is -2.26. The summed E-state index contributed by atoms with van der Waals surface area (Å²) < 4.78 is 22.0. The second-order valence-corrected chi connectivity index (χ2v) is 9.00. The van der Waals surface area contributed by atoms with E-state index in [2.05, 4.69) is 36.0 Å². The number of methoxy groups -OCH3 is 1. The van der Waals surface area contributed by atoms with Crippen molar-refractivity contribution in [2.45, 2.75) is 13.3 Å². The standard InChI is InChI=1S/C27H31N7O5/c1-18-14-25(33-39-18)32-27(35)31-20-6-4-19(5-7-20)30-26-21-15-24(23(36-2)16-22(21)28-17-29-26)38-11-3-8-34-9-12-37-13-10-34/h4-7,14-17H,3,8-13H2,1-2H3,(H,28,29,30)(H2,31,32,33,35). The van der Waals surface area contributed by atoms with Crippen molar-refractivity contribution < 1.29 is 23.5 Å². The fraction of sp³-hybridized carbons (Fsp3) is 0.333. The summed E-state index contributed by atoms with van der Waals surface area (Å²) in [5.41, 5.74) is 2.13. The van der Waals surface area contributed by atoms with Gasteiger partial charge in [0.1, 0.15) is 17.9 Å². The Labute approximate surface area is 225 Å². The molecule has 0 radical (unpaired) electrons. The van der Waals surface area contributed by atoms with E-state index in [1.54, 1.807) is 32.2 Å². The van der Waals surface area contributed by atoms with E-state index in [0.29, 0.717) is 41.2 Å². The van der Waals surface area contributed by atoms with Crippen molar-refractivity contribution in [1.82, 2.24) is 20.0 Å². The molecule has 4 aromatic rings. The molecule has 1 aliphatic rings. The Balaban J connectivity index is 1.23. The van der Waals surface area contributed by atoms with Gasteiger partial charge in [-0.1, -0.05) is 5.16 Å². The number of nitrogens with one attached hydrogen (secondary N) is 3. The largest absolute Gasteiger partial charge is 0.493 e. The van der Waals surface area contributed by atoms with E-state index in [9.17, 15) is 4.79 Å². The van der Waals surface area contributed by atoms with Gasteiger partial charge in [-0.2, -0.15) is 0 Å². The van der Waals surface area contributed by atoms with E-state index in [-0.39, 0.29) is 0 Å². The molecule has 5 rings (SSSR count). The minimum atomic E-state index is -0.419. The van der Waals surface area contributed by atoms with Crippen LogP contribution in [0.2, 0.25) is 0 Å². The number of nitrogens with zero attached hydrogens (tertiary/aromatic N) is 4. The first-order valence-corrected chi connectivity index (χ1v) is 12.7. The first kappa shape index (κ1) is 26.2. The summed E-state index contributed by atoms with van der Waals surface area (Å²) in [6.45, 7) is 6.76. The molecule has 0 saturated carbocycles. The maximum absolute atomic E-state index is 12.2. The second-order valence-electron chi connectivity index (χ2n) is 9.00. The Morgan fingerprint density at radius 3 is 2.56 bits per heavy atom. The predicted octanol–water partition coefficient (Wildman–Crippen LogP) is 4.42. The molecule has 1 saturated heterocycles. The van der Waals surface area contributed by atoms with Gasteiger partial charge in [-0.3, -0.25) is 10.2 Å². The van der Waals surface area contributed by atoms with Gasteiger partial charge >= 0.3 is 6.03 Å². The van der Waals surface area contributed by atoms with Crippen LogP contribution >= 0.6 is 0 Å². The monoisotopic (exact) mass is 533 g/mol. The number of aryl methyl sites for hydroxylation is 1. The van der Waals surface area contributed by atoms with Crippen molar-refractivity contribution in [3.8, 4) is 11.5 Å². The molecular formula is C27H31N7O5. The quantitative estimate of drug-likeness (QED) is 0.251. The number of hydrogen-bond donors (Lipinski definition) is 3. The van der Waals surface area contributed by atoms with Crippen molar-refractivity contribution >= 4 is 39.9 Å². The lowest BCUT2D eigenvalue weighted by atomic mass is 10.2. The SMILES string of the molecule is COc1cc2ncnc(Nc3ccc(NC(=O)Nc4cc(C)on4)cc3)c2cc1OCCCN1CCOCC1. The van der Waals surface area contributed by atoms with Crippen molar-refractivity contribution in [3.05, 3.63) is 54.6 Å². The van der Waals surface area contributed by atoms with E-state index in [1.807, 2.05) is 24.3 Å². The van der Waals surface area contributed by atoms with E-state index in [4.69, 9.17) is 18.7 Å². The fourth-order valence-corrected chi connectivity index (χ4v) is 4.21. The average Bonchev–Trinajstić information content (AvgIpc) is 3.36. The molecule has 1 fully saturated rings. The van der Waals surface area contributed by atoms with Crippen LogP contribution in [0.1, 0.15) is 12.2 Å². The van der Waals surface area contributed by atoms with Crippen molar-refractivity contribution in [1.29, 1.82) is 0 Å². The molecule has 2 aromatic carbocycles. The summed E-state index contributed by atoms with van der Waals surface area (Å²) in [5, 5.41) is 13.3. The van der Waals surface area contributed by atoms with Gasteiger partial charge in [0.25, 0.3) is 0 Å². The van der Waals surface area contributed by atoms with Gasteiger partial charge in [0.2, 0.25) is 0 Å². The molecule has 1 aliphatic heterocycles. The van der Waals surface area contributed by atoms with Crippen molar-refractivity contribution in [2.75, 3.05) is 62.5 Å². The number of anilines is 4. The highest BCUT2D eigenvalue weighted by Gasteiger charge is 2.14. The normalized spacial score (nSPS) is 13.7. The van der Waals surface area contributed by atoms with Crippen LogP contribution in [0.15, 0.2) is 53.3 Å². The van der Waals surface area contributed by atoms with E-state index < -0.39 is 6.03 Å². The fourth-order valence-electron chi connectivity index (χ4n) is 4.21. The number of carbonyl (C=O) groups excluding carboxylic acids is 1. The number of ether oxygens (including phenoxy) is 3. The van der Waals surface area contributed by atoms with E-state index >= 15 is 0 Å². The third kappa shape index (κ3) is 6.92. The molecule has 0 bridgehead atoms. The molecule has 0 atom stereocenters. The number of urea groups is 1. The summed E-state index contributed by atoms with van der Waals surface area (Å²) >= 11 is 0. The van der Waals surface area contributed by atoms with Crippen molar-refractivity contribution in [3.63, 3.8) is 0 Å². The number of aromatic nitrogens is 3. The lowest BCUT2D eigenvalue weighted by Crippen LogP contribution is -2.37. The Kier molecular flexibility index (Phi) is 8.34.